The van der Waals surface area contributed by atoms with E-state index >= 15 is 0 Å². The highest BCUT2D eigenvalue weighted by atomic mass is 16.3. The molecule has 0 rings (SSSR count). The molecule has 0 aliphatic carbocycles. The molecule has 0 unspecified atom stereocenters. The van der Waals surface area contributed by atoms with Gasteiger partial charge in [-0.2, -0.15) is 0 Å². The molecule has 192 valence electrons. The molecule has 32 heavy (non-hydrogen) atoms. The Morgan fingerprint density at radius 2 is 0.906 bits per heavy atom. The van der Waals surface area contributed by atoms with Gasteiger partial charge in [0, 0.05) is 19.8 Å². The van der Waals surface area contributed by atoms with Crippen molar-refractivity contribution in [1.29, 1.82) is 0 Å². The lowest BCUT2D eigenvalue weighted by atomic mass is 9.74. The molecule has 0 aliphatic heterocycles. The van der Waals surface area contributed by atoms with E-state index in [4.69, 9.17) is 11.5 Å². The van der Waals surface area contributed by atoms with Crippen LogP contribution in [-0.4, -0.2) is 40.8 Å². The first-order valence-electron chi connectivity index (χ1n) is 13.5. The summed E-state index contributed by atoms with van der Waals surface area (Å²) in [6.45, 7) is 2.46. The molecule has 0 aromatic heterocycles. The third-order valence-corrected chi connectivity index (χ3v) is 7.09. The maximum atomic E-state index is 9.34. The molecule has 0 heterocycles. The first kappa shape index (κ1) is 31.5. The lowest BCUT2D eigenvalue weighted by Gasteiger charge is -2.32. The predicted molar refractivity (Wildman–Crippen MR) is 137 cm³/mol. The molecule has 0 amide bonds. The summed E-state index contributed by atoms with van der Waals surface area (Å²) in [4.78, 5) is 0. The Bertz CT molecular complexity index is 410. The molecule has 0 bridgehead atoms. The SMILES string of the molecule is CCC(N)(N)CCCCCCCC/C=C\CCCCCCCC(CCO)(CCO)CCO. The molecular weight excluding hydrogens is 400 g/mol. The second kappa shape index (κ2) is 21.1. The third kappa shape index (κ3) is 18.0. The smallest absolute Gasteiger partial charge is 0.0633 e. The van der Waals surface area contributed by atoms with E-state index in [0.29, 0.717) is 19.3 Å². The Hall–Kier alpha value is -0.460. The van der Waals surface area contributed by atoms with Crippen LogP contribution < -0.4 is 11.5 Å². The van der Waals surface area contributed by atoms with Crippen LogP contribution in [0.15, 0.2) is 12.2 Å². The summed E-state index contributed by atoms with van der Waals surface area (Å²) in [5.74, 6) is 0. The van der Waals surface area contributed by atoms with Crippen molar-refractivity contribution in [2.45, 2.75) is 135 Å². The van der Waals surface area contributed by atoms with E-state index in [9.17, 15) is 15.3 Å². The number of nitrogens with two attached hydrogens (primary N) is 2. The van der Waals surface area contributed by atoms with Gasteiger partial charge in [0.2, 0.25) is 0 Å². The van der Waals surface area contributed by atoms with E-state index in [-0.39, 0.29) is 25.2 Å². The van der Waals surface area contributed by atoms with Gasteiger partial charge >= 0.3 is 0 Å². The summed E-state index contributed by atoms with van der Waals surface area (Å²) < 4.78 is 0. The molecule has 0 fully saturated rings. The zero-order chi connectivity index (χ0) is 24.0. The number of unbranched alkanes of at least 4 members (excludes halogenated alkanes) is 11. The number of hydrogen-bond acceptors (Lipinski definition) is 5. The minimum absolute atomic E-state index is 0.0864. The van der Waals surface area contributed by atoms with E-state index < -0.39 is 5.66 Å². The van der Waals surface area contributed by atoms with Crippen LogP contribution in [0.4, 0.5) is 0 Å². The van der Waals surface area contributed by atoms with E-state index in [0.717, 1.165) is 32.1 Å². The summed E-state index contributed by atoms with van der Waals surface area (Å²) in [5, 5.41) is 28.0. The van der Waals surface area contributed by atoms with Crippen LogP contribution in [0.25, 0.3) is 0 Å². The molecule has 0 saturated carbocycles. The summed E-state index contributed by atoms with van der Waals surface area (Å²) in [5.41, 5.74) is 11.4. The monoisotopic (exact) mass is 456 g/mol. The molecule has 0 aliphatic rings. The van der Waals surface area contributed by atoms with Gasteiger partial charge in [0.1, 0.15) is 0 Å². The van der Waals surface area contributed by atoms with Crippen molar-refractivity contribution >= 4 is 0 Å². The largest absolute Gasteiger partial charge is 0.396 e. The highest BCUT2D eigenvalue weighted by Gasteiger charge is 2.27. The maximum Gasteiger partial charge on any atom is 0.0633 e. The van der Waals surface area contributed by atoms with Crippen LogP contribution >= 0.6 is 0 Å². The van der Waals surface area contributed by atoms with Gasteiger partial charge in [0.15, 0.2) is 0 Å². The molecular formula is C27H56N2O3. The van der Waals surface area contributed by atoms with Crippen molar-refractivity contribution in [2.24, 2.45) is 16.9 Å². The summed E-state index contributed by atoms with van der Waals surface area (Å²) >= 11 is 0. The number of hydrogen-bond donors (Lipinski definition) is 5. The summed E-state index contributed by atoms with van der Waals surface area (Å²) in [7, 11) is 0. The van der Waals surface area contributed by atoms with Gasteiger partial charge in [0.25, 0.3) is 0 Å². The molecule has 7 N–H and O–H groups in total. The quantitative estimate of drug-likeness (QED) is 0.0742. The van der Waals surface area contributed by atoms with Crippen LogP contribution in [0, 0.1) is 5.41 Å². The second-order valence-corrected chi connectivity index (χ2v) is 9.95. The number of aliphatic hydroxyl groups excluding tert-OH is 3. The third-order valence-electron chi connectivity index (χ3n) is 7.09. The topological polar surface area (TPSA) is 113 Å². The summed E-state index contributed by atoms with van der Waals surface area (Å²) in [6.07, 6.45) is 25.6. The van der Waals surface area contributed by atoms with Gasteiger partial charge in [-0.15, -0.1) is 0 Å². The highest BCUT2D eigenvalue weighted by Crippen LogP contribution is 2.36. The Balaban J connectivity index is 3.55. The molecule has 0 atom stereocenters. The number of rotatable bonds is 24. The molecule has 0 spiro atoms. The first-order valence-corrected chi connectivity index (χ1v) is 13.5. The van der Waals surface area contributed by atoms with Crippen LogP contribution in [0.2, 0.25) is 0 Å². The second-order valence-electron chi connectivity index (χ2n) is 9.95. The van der Waals surface area contributed by atoms with Crippen molar-refractivity contribution in [3.63, 3.8) is 0 Å². The fraction of sp³-hybridized carbons (Fsp3) is 0.926. The molecule has 5 nitrogen and oxygen atoms in total. The molecule has 0 aromatic rings. The zero-order valence-corrected chi connectivity index (χ0v) is 21.2. The Morgan fingerprint density at radius 1 is 0.531 bits per heavy atom. The predicted octanol–water partition coefficient (Wildman–Crippen LogP) is 5.55. The van der Waals surface area contributed by atoms with Crippen LogP contribution in [0.5, 0.6) is 0 Å². The van der Waals surface area contributed by atoms with Crippen molar-refractivity contribution < 1.29 is 15.3 Å². The van der Waals surface area contributed by atoms with Gasteiger partial charge < -0.3 is 26.8 Å². The number of allylic oxidation sites excluding steroid dienone is 2. The van der Waals surface area contributed by atoms with Gasteiger partial charge in [0.05, 0.1) is 5.66 Å². The average Bonchev–Trinajstić information content (AvgIpc) is 2.76. The van der Waals surface area contributed by atoms with E-state index in [1.807, 2.05) is 0 Å². The maximum absolute atomic E-state index is 9.34. The molecule has 5 heteroatoms. The summed E-state index contributed by atoms with van der Waals surface area (Å²) in [6, 6.07) is 0. The van der Waals surface area contributed by atoms with Crippen LogP contribution in [-0.2, 0) is 0 Å². The minimum atomic E-state index is -0.461. The first-order chi connectivity index (χ1) is 15.4. The fourth-order valence-corrected chi connectivity index (χ4v) is 4.59. The molecule has 0 aromatic carbocycles. The van der Waals surface area contributed by atoms with Crippen molar-refractivity contribution in [3.8, 4) is 0 Å². The number of aliphatic hydroxyl groups is 3. The standard InChI is InChI=1S/C27H56N2O3/c1-2-27(28,29)19-17-15-13-11-9-7-5-3-4-6-8-10-12-14-16-18-26(20-23-30,21-24-31)22-25-32/h3-4,30-32H,2,5-25,28-29H2,1H3/b4-3-. The molecule has 0 saturated heterocycles. The van der Waals surface area contributed by atoms with Crippen molar-refractivity contribution in [2.75, 3.05) is 19.8 Å². The van der Waals surface area contributed by atoms with Gasteiger partial charge in [-0.25, -0.2) is 0 Å². The Labute approximate surface area is 199 Å². The van der Waals surface area contributed by atoms with Crippen LogP contribution in [0.3, 0.4) is 0 Å². The van der Waals surface area contributed by atoms with Crippen molar-refractivity contribution in [1.82, 2.24) is 0 Å². The Morgan fingerprint density at radius 3 is 1.31 bits per heavy atom. The Kier molecular flexibility index (Phi) is 20.8. The normalized spacial score (nSPS) is 12.8. The minimum Gasteiger partial charge on any atom is -0.396 e. The molecule has 0 radical (unpaired) electrons. The van der Waals surface area contributed by atoms with E-state index in [2.05, 4.69) is 19.1 Å². The van der Waals surface area contributed by atoms with Gasteiger partial charge in [-0.1, -0.05) is 76.9 Å². The lowest BCUT2D eigenvalue weighted by Crippen LogP contribution is -2.48. The fourth-order valence-electron chi connectivity index (χ4n) is 4.59. The van der Waals surface area contributed by atoms with Crippen molar-refractivity contribution in [3.05, 3.63) is 12.2 Å². The average molecular weight is 457 g/mol. The van der Waals surface area contributed by atoms with E-state index in [1.54, 1.807) is 0 Å². The van der Waals surface area contributed by atoms with Gasteiger partial charge in [-0.3, -0.25) is 0 Å². The highest BCUT2D eigenvalue weighted by molar-refractivity contribution is 4.82. The van der Waals surface area contributed by atoms with E-state index in [1.165, 1.54) is 70.6 Å². The van der Waals surface area contributed by atoms with Gasteiger partial charge in [-0.05, 0) is 69.6 Å². The van der Waals surface area contributed by atoms with Crippen LogP contribution in [0.1, 0.15) is 129 Å². The zero-order valence-electron chi connectivity index (χ0n) is 21.2. The lowest BCUT2D eigenvalue weighted by molar-refractivity contribution is 0.0885.